The van der Waals surface area contributed by atoms with E-state index in [1.807, 2.05) is 47.4 Å². The average molecular weight is 990 g/mol. The van der Waals surface area contributed by atoms with Gasteiger partial charge in [-0.25, -0.2) is 0 Å². The summed E-state index contributed by atoms with van der Waals surface area (Å²) in [7, 11) is 0. The maximum atomic E-state index is 15.6. The van der Waals surface area contributed by atoms with Gasteiger partial charge in [-0.05, 0) is 120 Å². The van der Waals surface area contributed by atoms with Crippen LogP contribution in [0, 0.1) is 33.8 Å². The fourth-order valence-electron chi connectivity index (χ4n) is 12.2. The predicted molar refractivity (Wildman–Crippen MR) is 280 cm³/mol. The minimum atomic E-state index is -1.48. The number of oxime groups is 1. The van der Waals surface area contributed by atoms with Gasteiger partial charge in [0.2, 0.25) is 11.7 Å². The van der Waals surface area contributed by atoms with E-state index in [1.54, 1.807) is 36.4 Å². The highest BCUT2D eigenvalue weighted by Gasteiger charge is 2.65. The van der Waals surface area contributed by atoms with Crippen molar-refractivity contribution in [1.29, 1.82) is 0 Å². The predicted octanol–water partition coefficient (Wildman–Crippen LogP) is 12.2. The average Bonchev–Trinajstić information content (AvgIpc) is 3.94. The number of nitro groups is 1. The number of ether oxygens (including phenoxy) is 3. The summed E-state index contributed by atoms with van der Waals surface area (Å²) in [6.45, 7) is 4.67. The number of carbonyl (C=O) groups is 2. The minimum absolute atomic E-state index is 0.00496. The maximum Gasteiger partial charge on any atom is 0.269 e. The zero-order chi connectivity index (χ0) is 50.7. The first-order valence-corrected chi connectivity index (χ1v) is 26.2. The lowest BCUT2D eigenvalue weighted by atomic mass is 9.55. The molecule has 382 valence electrons. The summed E-state index contributed by atoms with van der Waals surface area (Å²) in [6.07, 6.45) is 15.0. The zero-order valence-corrected chi connectivity index (χ0v) is 41.5. The van der Waals surface area contributed by atoms with Crippen molar-refractivity contribution >= 4 is 34.4 Å². The number of nitro benzene ring substituents is 1. The molecule has 0 unspecified atom stereocenters. The topological polar surface area (TPSA) is 170 Å². The molecule has 0 bridgehead atoms. The fourth-order valence-corrected chi connectivity index (χ4v) is 12.2. The van der Waals surface area contributed by atoms with E-state index < -0.39 is 22.7 Å². The van der Waals surface area contributed by atoms with Crippen molar-refractivity contribution in [3.8, 4) is 17.2 Å². The first-order chi connectivity index (χ1) is 35.7. The molecule has 3 aliphatic carbocycles. The molecule has 2 saturated carbocycles. The highest BCUT2D eigenvalue weighted by Crippen LogP contribution is 2.62. The van der Waals surface area contributed by atoms with Crippen LogP contribution in [0.3, 0.4) is 0 Å². The van der Waals surface area contributed by atoms with Gasteiger partial charge < -0.3 is 34.2 Å². The molecule has 1 heterocycles. The van der Waals surface area contributed by atoms with E-state index in [1.165, 1.54) is 25.0 Å². The molecule has 5 aromatic carbocycles. The Morgan fingerprint density at radius 2 is 1.64 bits per heavy atom. The van der Waals surface area contributed by atoms with Crippen LogP contribution in [0.4, 0.5) is 5.69 Å². The molecule has 0 radical (unpaired) electrons. The molecule has 2 N–H and O–H groups in total. The Balaban J connectivity index is 1.24. The summed E-state index contributed by atoms with van der Waals surface area (Å²) >= 11 is 0. The van der Waals surface area contributed by atoms with Crippen LogP contribution >= 0.6 is 0 Å². The first kappa shape index (κ1) is 51.2. The molecule has 0 aromatic heterocycles. The Morgan fingerprint density at radius 1 is 0.890 bits per heavy atom. The second-order valence-corrected chi connectivity index (χ2v) is 20.1. The lowest BCUT2D eigenvalue weighted by Crippen LogP contribution is -2.70. The van der Waals surface area contributed by atoms with Crippen LogP contribution in [0.2, 0.25) is 0 Å². The highest BCUT2D eigenvalue weighted by atomic mass is 16.7. The zero-order valence-electron chi connectivity index (χ0n) is 41.5. The van der Waals surface area contributed by atoms with Crippen LogP contribution in [-0.4, -0.2) is 69.6 Å². The van der Waals surface area contributed by atoms with Gasteiger partial charge in [0.1, 0.15) is 36.2 Å². The molecule has 13 nitrogen and oxygen atoms in total. The quantitative estimate of drug-likeness (QED) is 0.0199. The number of amides is 1. The number of hydrogen-bond donors (Lipinski definition) is 2. The highest BCUT2D eigenvalue weighted by molar-refractivity contribution is 6.03. The van der Waals surface area contributed by atoms with E-state index in [2.05, 4.69) is 36.9 Å². The number of nitrogens with zero attached hydrogens (tertiary/aromatic N) is 3. The summed E-state index contributed by atoms with van der Waals surface area (Å²) in [5, 5.41) is 38.9. The number of benzene rings is 5. The van der Waals surface area contributed by atoms with Crippen molar-refractivity contribution in [2.75, 3.05) is 19.8 Å². The molecular weight excluding hydrogens is 923 g/mol. The van der Waals surface area contributed by atoms with Crippen molar-refractivity contribution in [1.82, 2.24) is 4.90 Å². The molecule has 5 aromatic rings. The number of hydrogen-bond acceptors (Lipinski definition) is 11. The van der Waals surface area contributed by atoms with E-state index >= 15 is 4.79 Å². The van der Waals surface area contributed by atoms with Crippen molar-refractivity contribution in [2.24, 2.45) is 28.8 Å². The van der Waals surface area contributed by atoms with E-state index in [9.17, 15) is 25.1 Å². The van der Waals surface area contributed by atoms with Crippen LogP contribution in [0.5, 0.6) is 17.2 Å². The van der Waals surface area contributed by atoms with Gasteiger partial charge in [0.25, 0.3) is 5.69 Å². The number of aldehydes is 1. The van der Waals surface area contributed by atoms with Gasteiger partial charge in [-0.2, -0.15) is 0 Å². The minimum Gasteiger partial charge on any atom is -0.459 e. The first-order valence-electron chi connectivity index (χ1n) is 26.2. The monoisotopic (exact) mass is 989 g/mol. The molecule has 13 heteroatoms. The smallest absolute Gasteiger partial charge is 0.269 e. The number of aliphatic hydroxyl groups excluding tert-OH is 2. The van der Waals surface area contributed by atoms with Crippen LogP contribution in [0.1, 0.15) is 116 Å². The van der Waals surface area contributed by atoms with Crippen molar-refractivity contribution < 1.29 is 43.8 Å². The van der Waals surface area contributed by atoms with Gasteiger partial charge in [0.05, 0.1) is 23.2 Å². The Labute approximate surface area is 427 Å². The van der Waals surface area contributed by atoms with Crippen molar-refractivity contribution in [2.45, 2.75) is 114 Å². The van der Waals surface area contributed by atoms with E-state index in [0.717, 1.165) is 78.7 Å². The molecule has 4 aliphatic rings. The molecule has 6 atom stereocenters. The Hall–Kier alpha value is -6.67. The van der Waals surface area contributed by atoms with Gasteiger partial charge >= 0.3 is 0 Å². The normalized spacial score (nSPS) is 22.7. The lowest BCUT2D eigenvalue weighted by molar-refractivity contribution is -0.384. The van der Waals surface area contributed by atoms with Gasteiger partial charge in [-0.1, -0.05) is 110 Å². The third kappa shape index (κ3) is 11.4. The van der Waals surface area contributed by atoms with Crippen LogP contribution < -0.4 is 9.47 Å². The van der Waals surface area contributed by atoms with Gasteiger partial charge in [0, 0.05) is 61.8 Å². The summed E-state index contributed by atoms with van der Waals surface area (Å²) < 4.78 is 21.4. The number of aliphatic hydroxyl groups is 2. The molecule has 1 amide bonds. The number of carbonyl (C=O) groups excluding carboxylic acids is 2. The van der Waals surface area contributed by atoms with E-state index in [4.69, 9.17) is 24.2 Å². The van der Waals surface area contributed by atoms with Crippen LogP contribution in [0.15, 0.2) is 139 Å². The summed E-state index contributed by atoms with van der Waals surface area (Å²) in [4.78, 5) is 46.8. The number of fused-ring (bicyclic) bond motifs is 3. The number of non-ortho nitro benzene ring substituents is 1. The van der Waals surface area contributed by atoms with Crippen LogP contribution in [0.25, 0.3) is 10.8 Å². The van der Waals surface area contributed by atoms with E-state index in [-0.39, 0.29) is 68.7 Å². The lowest BCUT2D eigenvalue weighted by Gasteiger charge is -2.60. The van der Waals surface area contributed by atoms with Crippen LogP contribution in [-0.2, 0) is 27.5 Å². The largest absolute Gasteiger partial charge is 0.459 e. The molecule has 73 heavy (non-hydrogen) atoms. The number of rotatable bonds is 24. The molecule has 0 saturated heterocycles. The molecule has 2 fully saturated rings. The number of allylic oxidation sites excluding steroid dienone is 1. The Morgan fingerprint density at radius 3 is 2.41 bits per heavy atom. The molecule has 0 spiro atoms. The summed E-state index contributed by atoms with van der Waals surface area (Å²) in [6, 6.07) is 32.8. The van der Waals surface area contributed by atoms with Gasteiger partial charge in [-0.15, -0.1) is 6.58 Å². The second-order valence-electron chi connectivity index (χ2n) is 20.1. The van der Waals surface area contributed by atoms with E-state index in [0.29, 0.717) is 59.3 Å². The number of unbranched alkanes of at least 4 members (excludes halogenated alkanes) is 2. The third-order valence-electron chi connectivity index (χ3n) is 15.6. The van der Waals surface area contributed by atoms with Gasteiger partial charge in [0.15, 0.2) is 0 Å². The van der Waals surface area contributed by atoms with Crippen molar-refractivity contribution in [3.05, 3.63) is 166 Å². The molecule has 1 aliphatic heterocycles. The molecular formula is C60H67N3O10. The Kier molecular flexibility index (Phi) is 16.8. The molecule has 9 rings (SSSR count). The SMILES string of the molecule is C=CCO[C@@]12Oc3ccc(Oc4cccc(C=O)c4)cc3[C@H]3[C@H](CCCCO)[C@@H](CCCCO)C=C(C(=NOCc4ccc([N+](=O)[O-])cc4)C[C@@H]1N(Cc1cccc4ccccc14)C(=O)CCC1CCCC1)[C@H]32. The summed E-state index contributed by atoms with van der Waals surface area (Å²) in [5.74, 6) is -0.226. The summed E-state index contributed by atoms with van der Waals surface area (Å²) in [5.41, 5.74) is 4.60. The Bertz CT molecular complexity index is 2800. The second kappa shape index (κ2) is 23.9. The van der Waals surface area contributed by atoms with Crippen molar-refractivity contribution in [3.63, 3.8) is 0 Å². The maximum absolute atomic E-state index is 15.6. The standard InChI is InChI=1S/C60H67N3O10/c1-2-33-70-60-56(62(57(67)30-25-41-13-3-4-14-41)38-46-19-12-18-44-16-5-6-21-50(44)46)37-54(61-71-40-42-23-26-47(27-24-42)63(68)69)52-35-45(17-7-9-31-64)51(22-8-10-32-65)58(59(52)60)53-36-49(28-29-55(53)73-60)72-48-20-11-15-43(34-48)39-66/h2,5-6,11-12,15-16,18-21,23-24,26-29,34-36,39,41,45,51,56,58-59,64-65H,1,3-4,7-10,13-14,17,22,25,30-33,37-38,40H2/t45-,51+,56-,58+,59+,60+/m0/s1. The third-order valence-corrected chi connectivity index (χ3v) is 15.6. The fraction of sp³-hybridized carbons (Fsp3) is 0.417. The van der Waals surface area contributed by atoms with Gasteiger partial charge in [-0.3, -0.25) is 19.7 Å².